The highest BCUT2D eigenvalue weighted by atomic mass is 32.1. The van der Waals surface area contributed by atoms with Crippen LogP contribution in [-0.2, 0) is 12.8 Å². The molecule has 0 bridgehead atoms. The zero-order valence-corrected chi connectivity index (χ0v) is 14.8. The summed E-state index contributed by atoms with van der Waals surface area (Å²) in [5, 5.41) is 5.28. The normalized spacial score (nSPS) is 10.2. The van der Waals surface area contributed by atoms with Crippen molar-refractivity contribution in [3.8, 4) is 11.8 Å². The second-order valence-corrected chi connectivity index (χ2v) is 6.70. The van der Waals surface area contributed by atoms with Crippen LogP contribution in [0.4, 0.5) is 0 Å². The molecule has 0 fully saturated rings. The molecule has 1 heteroatoms. The second kappa shape index (κ2) is 8.52. The fourth-order valence-corrected chi connectivity index (χ4v) is 3.16. The predicted octanol–water partition coefficient (Wildman–Crippen LogP) is 5.88. The third-order valence-electron chi connectivity index (χ3n) is 4.01. The van der Waals surface area contributed by atoms with Crippen molar-refractivity contribution in [1.82, 2.24) is 0 Å². The first-order chi connectivity index (χ1) is 11.8. The van der Waals surface area contributed by atoms with Crippen LogP contribution in [0.1, 0.15) is 47.6 Å². The molecule has 0 saturated carbocycles. The van der Waals surface area contributed by atoms with E-state index in [9.17, 15) is 0 Å². The van der Waals surface area contributed by atoms with E-state index in [0.29, 0.717) is 0 Å². The molecule has 1 radical (unpaired) electrons. The van der Waals surface area contributed by atoms with Gasteiger partial charge in [0, 0.05) is 16.5 Å². The molecule has 0 spiro atoms. The number of thiophene rings is 1. The second-order valence-electron chi connectivity index (χ2n) is 6.00. The molecule has 0 nitrogen and oxygen atoms in total. The molecule has 0 aliphatic heterocycles. The summed E-state index contributed by atoms with van der Waals surface area (Å²) in [6, 6.07) is 19.2. The van der Waals surface area contributed by atoms with Crippen molar-refractivity contribution < 1.29 is 0 Å². The molecule has 1 aromatic heterocycles. The van der Waals surface area contributed by atoms with E-state index in [2.05, 4.69) is 84.1 Å². The number of unbranched alkanes of at least 4 members (excludes halogenated alkanes) is 1. The lowest BCUT2D eigenvalue weighted by Crippen LogP contribution is -1.86. The van der Waals surface area contributed by atoms with Crippen LogP contribution in [0.3, 0.4) is 0 Å². The standard InChI is InChI=1S/C23H21S/c1-2-3-4-19-5-7-20(8-6-19)9-10-21-11-13-22(14-12-21)17-23-15-16-24-18-23/h5-8,11-15,18H,2-4,17H2,1H3. The average molecular weight is 329 g/mol. The Morgan fingerprint density at radius 1 is 0.833 bits per heavy atom. The van der Waals surface area contributed by atoms with E-state index in [1.807, 2.05) is 0 Å². The molecule has 0 N–H and O–H groups in total. The van der Waals surface area contributed by atoms with Crippen molar-refractivity contribution in [3.63, 3.8) is 0 Å². The number of aryl methyl sites for hydroxylation is 1. The highest BCUT2D eigenvalue weighted by Gasteiger charge is 1.97. The van der Waals surface area contributed by atoms with E-state index in [-0.39, 0.29) is 0 Å². The van der Waals surface area contributed by atoms with Gasteiger partial charge in [-0.1, -0.05) is 49.5 Å². The predicted molar refractivity (Wildman–Crippen MR) is 103 cm³/mol. The first-order valence-electron chi connectivity index (χ1n) is 8.47. The molecule has 0 aliphatic rings. The van der Waals surface area contributed by atoms with Gasteiger partial charge >= 0.3 is 0 Å². The number of hydrogen-bond donors (Lipinski definition) is 0. The first-order valence-corrected chi connectivity index (χ1v) is 9.35. The third-order valence-corrected chi connectivity index (χ3v) is 4.68. The third kappa shape index (κ3) is 4.85. The Morgan fingerprint density at radius 3 is 2.00 bits per heavy atom. The fourth-order valence-electron chi connectivity index (χ4n) is 2.57. The summed E-state index contributed by atoms with van der Waals surface area (Å²) in [7, 11) is 0. The summed E-state index contributed by atoms with van der Waals surface area (Å²) >= 11 is 1.63. The van der Waals surface area contributed by atoms with Gasteiger partial charge in [0.05, 0.1) is 0 Å². The maximum atomic E-state index is 3.26. The number of hydrogen-bond acceptors (Lipinski definition) is 1. The molecule has 2 aromatic carbocycles. The zero-order valence-electron chi connectivity index (χ0n) is 14.0. The molecule has 0 aliphatic carbocycles. The van der Waals surface area contributed by atoms with E-state index < -0.39 is 0 Å². The molecule has 0 atom stereocenters. The Bertz CT molecular complexity index is 797. The zero-order chi connectivity index (χ0) is 16.6. The molecule has 0 amide bonds. The van der Waals surface area contributed by atoms with Gasteiger partial charge in [-0.15, -0.1) is 11.3 Å². The maximum Gasteiger partial charge on any atom is 0.0445 e. The SMILES string of the molecule is CCCCc1ccc(C#Cc2ccc(Cc3c[c]sc3)cc2)cc1. The largest absolute Gasteiger partial charge is 0.143 e. The lowest BCUT2D eigenvalue weighted by Gasteiger charge is -2.00. The van der Waals surface area contributed by atoms with Crippen LogP contribution < -0.4 is 0 Å². The van der Waals surface area contributed by atoms with Crippen molar-refractivity contribution in [3.05, 3.63) is 93.2 Å². The average Bonchev–Trinajstić information content (AvgIpc) is 3.13. The Morgan fingerprint density at radius 2 is 1.46 bits per heavy atom. The molecule has 3 aromatic rings. The Labute approximate surface area is 149 Å². The summed E-state index contributed by atoms with van der Waals surface area (Å²) < 4.78 is 0. The van der Waals surface area contributed by atoms with Crippen molar-refractivity contribution in [2.75, 3.05) is 0 Å². The molecule has 119 valence electrons. The van der Waals surface area contributed by atoms with Gasteiger partial charge in [0.1, 0.15) is 0 Å². The van der Waals surface area contributed by atoms with Crippen LogP contribution in [-0.4, -0.2) is 0 Å². The summed E-state index contributed by atoms with van der Waals surface area (Å²) in [5.41, 5.74) is 6.17. The number of rotatable bonds is 5. The van der Waals surface area contributed by atoms with Crippen LogP contribution in [0.15, 0.2) is 60.0 Å². The minimum atomic E-state index is 0.965. The monoisotopic (exact) mass is 329 g/mol. The van der Waals surface area contributed by atoms with Crippen LogP contribution >= 0.6 is 11.3 Å². The molecule has 3 rings (SSSR count). The van der Waals surface area contributed by atoms with Gasteiger partial charge in [0.25, 0.3) is 0 Å². The van der Waals surface area contributed by atoms with Crippen LogP contribution in [0, 0.1) is 17.2 Å². The molecule has 24 heavy (non-hydrogen) atoms. The van der Waals surface area contributed by atoms with Crippen molar-refractivity contribution in [2.24, 2.45) is 0 Å². The lowest BCUT2D eigenvalue weighted by molar-refractivity contribution is 0.795. The highest BCUT2D eigenvalue weighted by Crippen LogP contribution is 2.13. The van der Waals surface area contributed by atoms with E-state index >= 15 is 0 Å². The topological polar surface area (TPSA) is 0 Å². The van der Waals surface area contributed by atoms with E-state index in [1.165, 1.54) is 29.5 Å². The molecular formula is C23H21S. The van der Waals surface area contributed by atoms with Crippen LogP contribution in [0.2, 0.25) is 0 Å². The molecule has 0 unspecified atom stereocenters. The van der Waals surface area contributed by atoms with Gasteiger partial charge in [-0.3, -0.25) is 0 Å². The lowest BCUT2D eigenvalue weighted by atomic mass is 10.0. The Hall–Kier alpha value is -2.30. The summed E-state index contributed by atoms with van der Waals surface area (Å²) in [4.78, 5) is 0. The maximum absolute atomic E-state index is 3.26. The summed E-state index contributed by atoms with van der Waals surface area (Å²) in [6.07, 6.45) is 4.61. The Balaban J connectivity index is 1.62. The smallest absolute Gasteiger partial charge is 0.0445 e. The van der Waals surface area contributed by atoms with Gasteiger partial charge in [-0.05, 0) is 71.7 Å². The van der Waals surface area contributed by atoms with Crippen LogP contribution in [0.25, 0.3) is 0 Å². The highest BCUT2D eigenvalue weighted by molar-refractivity contribution is 7.07. The van der Waals surface area contributed by atoms with E-state index in [4.69, 9.17) is 0 Å². The van der Waals surface area contributed by atoms with Crippen LogP contribution in [0.5, 0.6) is 0 Å². The van der Waals surface area contributed by atoms with Crippen molar-refractivity contribution in [2.45, 2.75) is 32.6 Å². The van der Waals surface area contributed by atoms with Gasteiger partial charge in [-0.2, -0.15) is 0 Å². The van der Waals surface area contributed by atoms with Crippen molar-refractivity contribution >= 4 is 11.3 Å². The minimum Gasteiger partial charge on any atom is -0.143 e. The van der Waals surface area contributed by atoms with E-state index in [1.54, 1.807) is 11.3 Å². The molecular weight excluding hydrogens is 308 g/mol. The molecule has 1 heterocycles. The Kier molecular flexibility index (Phi) is 5.88. The summed E-state index contributed by atoms with van der Waals surface area (Å²) in [6.45, 7) is 2.23. The van der Waals surface area contributed by atoms with Gasteiger partial charge < -0.3 is 0 Å². The number of benzene rings is 2. The molecule has 0 saturated heterocycles. The van der Waals surface area contributed by atoms with Gasteiger partial charge in [0.2, 0.25) is 0 Å². The first kappa shape index (κ1) is 16.6. The minimum absolute atomic E-state index is 0.965. The van der Waals surface area contributed by atoms with Gasteiger partial charge in [-0.25, -0.2) is 0 Å². The van der Waals surface area contributed by atoms with Crippen molar-refractivity contribution in [1.29, 1.82) is 0 Å². The van der Waals surface area contributed by atoms with Gasteiger partial charge in [0.15, 0.2) is 0 Å². The van der Waals surface area contributed by atoms with E-state index in [0.717, 1.165) is 24.0 Å². The fraction of sp³-hybridized carbons (Fsp3) is 0.217. The summed E-state index contributed by atoms with van der Waals surface area (Å²) in [5.74, 6) is 6.51. The quantitative estimate of drug-likeness (QED) is 0.513.